The summed E-state index contributed by atoms with van der Waals surface area (Å²) in [7, 11) is 0. The first kappa shape index (κ1) is 13.2. The second kappa shape index (κ2) is 7.43. The predicted octanol–water partition coefficient (Wildman–Crippen LogP) is -0.989. The van der Waals surface area contributed by atoms with Gasteiger partial charge in [0.05, 0.1) is 13.2 Å². The van der Waals surface area contributed by atoms with Crippen LogP contribution in [0.1, 0.15) is 13.3 Å². The molecule has 16 heavy (non-hydrogen) atoms. The highest BCUT2D eigenvalue weighted by atomic mass is 16.5. The van der Waals surface area contributed by atoms with Gasteiger partial charge < -0.3 is 26.4 Å². The smallest absolute Gasteiger partial charge is 0.312 e. The molecule has 94 valence electrons. The largest absolute Gasteiger partial charge is 0.379 e. The van der Waals surface area contributed by atoms with E-state index >= 15 is 0 Å². The maximum Gasteiger partial charge on any atom is 0.312 e. The minimum absolute atomic E-state index is 0.397. The first-order valence-corrected chi connectivity index (χ1v) is 5.76. The molecule has 1 saturated heterocycles. The average Bonchev–Trinajstić information content (AvgIpc) is 2.25. The fourth-order valence-corrected chi connectivity index (χ4v) is 1.79. The number of urea groups is 1. The van der Waals surface area contributed by atoms with Crippen molar-refractivity contribution in [1.29, 1.82) is 0 Å². The molecule has 0 aliphatic carbocycles. The SMILES string of the molecule is CC(CC1COCCN1)NCCNC(N)=O. The summed E-state index contributed by atoms with van der Waals surface area (Å²) in [5, 5.41) is 9.26. The Morgan fingerprint density at radius 2 is 2.44 bits per heavy atom. The van der Waals surface area contributed by atoms with E-state index in [0.29, 0.717) is 18.6 Å². The molecule has 2 unspecified atom stereocenters. The van der Waals surface area contributed by atoms with Crippen LogP contribution < -0.4 is 21.7 Å². The summed E-state index contributed by atoms with van der Waals surface area (Å²) >= 11 is 0. The van der Waals surface area contributed by atoms with E-state index in [9.17, 15) is 4.79 Å². The molecule has 0 aromatic heterocycles. The summed E-state index contributed by atoms with van der Waals surface area (Å²) in [4.78, 5) is 10.4. The predicted molar refractivity (Wildman–Crippen MR) is 62.3 cm³/mol. The van der Waals surface area contributed by atoms with Crippen molar-refractivity contribution in [2.75, 3.05) is 32.8 Å². The Kier molecular flexibility index (Phi) is 6.14. The number of nitrogens with one attached hydrogen (secondary N) is 3. The Morgan fingerprint density at radius 1 is 1.62 bits per heavy atom. The van der Waals surface area contributed by atoms with E-state index in [1.54, 1.807) is 0 Å². The molecule has 0 saturated carbocycles. The highest BCUT2D eigenvalue weighted by molar-refractivity contribution is 5.71. The molecule has 1 heterocycles. The number of hydrogen-bond acceptors (Lipinski definition) is 4. The summed E-state index contributed by atoms with van der Waals surface area (Å²) in [6, 6.07) is 0.353. The van der Waals surface area contributed by atoms with Gasteiger partial charge in [0.15, 0.2) is 0 Å². The Bertz CT molecular complexity index is 207. The lowest BCUT2D eigenvalue weighted by Crippen LogP contribution is -2.46. The van der Waals surface area contributed by atoms with E-state index in [1.165, 1.54) is 0 Å². The van der Waals surface area contributed by atoms with E-state index in [4.69, 9.17) is 10.5 Å². The van der Waals surface area contributed by atoms with Crippen LogP contribution in [0.4, 0.5) is 4.79 Å². The molecular formula is C10H22N4O2. The van der Waals surface area contributed by atoms with Crippen molar-refractivity contribution < 1.29 is 9.53 Å². The Morgan fingerprint density at radius 3 is 3.06 bits per heavy atom. The number of nitrogens with two attached hydrogens (primary N) is 1. The molecule has 0 spiro atoms. The minimum atomic E-state index is -0.475. The normalized spacial score (nSPS) is 22.7. The third-order valence-electron chi connectivity index (χ3n) is 2.55. The molecule has 6 nitrogen and oxygen atoms in total. The zero-order chi connectivity index (χ0) is 11.8. The van der Waals surface area contributed by atoms with Crippen LogP contribution in [0.3, 0.4) is 0 Å². The molecular weight excluding hydrogens is 208 g/mol. The number of amides is 2. The molecule has 0 bridgehead atoms. The lowest BCUT2D eigenvalue weighted by Gasteiger charge is -2.26. The molecule has 0 aromatic carbocycles. The number of carbonyl (C=O) groups excluding carboxylic acids is 1. The summed E-state index contributed by atoms with van der Waals surface area (Å²) in [6.07, 6.45) is 1.02. The summed E-state index contributed by atoms with van der Waals surface area (Å²) in [5.74, 6) is 0. The number of ether oxygens (including phenoxy) is 1. The van der Waals surface area contributed by atoms with Gasteiger partial charge >= 0.3 is 6.03 Å². The number of primary amides is 1. The molecule has 0 radical (unpaired) electrons. The van der Waals surface area contributed by atoms with Gasteiger partial charge in [-0.25, -0.2) is 4.79 Å². The summed E-state index contributed by atoms with van der Waals surface area (Å²) in [5.41, 5.74) is 4.95. The van der Waals surface area contributed by atoms with Gasteiger partial charge in [-0.05, 0) is 13.3 Å². The van der Waals surface area contributed by atoms with Gasteiger partial charge in [0, 0.05) is 31.7 Å². The highest BCUT2D eigenvalue weighted by Crippen LogP contribution is 2.01. The second-order valence-corrected chi connectivity index (χ2v) is 4.11. The van der Waals surface area contributed by atoms with Crippen molar-refractivity contribution in [3.05, 3.63) is 0 Å². The maximum absolute atomic E-state index is 10.4. The Balaban J connectivity index is 2.01. The summed E-state index contributed by atoms with van der Waals surface area (Å²) < 4.78 is 5.38. The van der Waals surface area contributed by atoms with Crippen molar-refractivity contribution in [1.82, 2.24) is 16.0 Å². The van der Waals surface area contributed by atoms with E-state index in [1.807, 2.05) is 0 Å². The fraction of sp³-hybridized carbons (Fsp3) is 0.900. The minimum Gasteiger partial charge on any atom is -0.379 e. The molecule has 1 rings (SSSR count). The monoisotopic (exact) mass is 230 g/mol. The van der Waals surface area contributed by atoms with Gasteiger partial charge in [-0.15, -0.1) is 0 Å². The molecule has 5 N–H and O–H groups in total. The van der Waals surface area contributed by atoms with Crippen molar-refractivity contribution in [2.45, 2.75) is 25.4 Å². The van der Waals surface area contributed by atoms with E-state index in [-0.39, 0.29) is 0 Å². The van der Waals surface area contributed by atoms with Gasteiger partial charge in [-0.2, -0.15) is 0 Å². The highest BCUT2D eigenvalue weighted by Gasteiger charge is 2.15. The Labute approximate surface area is 96.3 Å². The lowest BCUT2D eigenvalue weighted by atomic mass is 10.1. The van der Waals surface area contributed by atoms with Gasteiger partial charge in [-0.1, -0.05) is 0 Å². The van der Waals surface area contributed by atoms with Gasteiger partial charge in [0.2, 0.25) is 0 Å². The van der Waals surface area contributed by atoms with Crippen LogP contribution in [0.5, 0.6) is 0 Å². The van der Waals surface area contributed by atoms with Crippen LogP contribution >= 0.6 is 0 Å². The van der Waals surface area contributed by atoms with Crippen LogP contribution in [0, 0.1) is 0 Å². The van der Waals surface area contributed by atoms with Crippen LogP contribution in [0.25, 0.3) is 0 Å². The number of carbonyl (C=O) groups is 1. The maximum atomic E-state index is 10.4. The third kappa shape index (κ3) is 5.89. The van der Waals surface area contributed by atoms with Crippen molar-refractivity contribution in [3.8, 4) is 0 Å². The van der Waals surface area contributed by atoms with Crippen molar-refractivity contribution >= 4 is 6.03 Å². The van der Waals surface area contributed by atoms with E-state index < -0.39 is 6.03 Å². The van der Waals surface area contributed by atoms with Gasteiger partial charge in [0.1, 0.15) is 0 Å². The van der Waals surface area contributed by atoms with Crippen LogP contribution in [-0.2, 0) is 4.74 Å². The molecule has 2 atom stereocenters. The molecule has 1 fully saturated rings. The number of morpholine rings is 1. The average molecular weight is 230 g/mol. The summed E-state index contributed by atoms with van der Waals surface area (Å²) in [6.45, 7) is 5.94. The van der Waals surface area contributed by atoms with Crippen molar-refractivity contribution in [3.63, 3.8) is 0 Å². The second-order valence-electron chi connectivity index (χ2n) is 4.11. The molecule has 2 amide bonds. The van der Waals surface area contributed by atoms with Crippen molar-refractivity contribution in [2.24, 2.45) is 5.73 Å². The molecule has 6 heteroatoms. The standard InChI is InChI=1S/C10H22N4O2/c1-8(12-2-3-14-10(11)15)6-9-7-16-5-4-13-9/h8-9,12-13H,2-7H2,1H3,(H3,11,14,15). The molecule has 1 aliphatic heterocycles. The van der Waals surface area contributed by atoms with Crippen LogP contribution in [0.15, 0.2) is 0 Å². The zero-order valence-corrected chi connectivity index (χ0v) is 9.79. The van der Waals surface area contributed by atoms with Crippen LogP contribution in [0.2, 0.25) is 0 Å². The fourth-order valence-electron chi connectivity index (χ4n) is 1.79. The van der Waals surface area contributed by atoms with Crippen LogP contribution in [-0.4, -0.2) is 51.0 Å². The first-order chi connectivity index (χ1) is 7.68. The van der Waals surface area contributed by atoms with Gasteiger partial charge in [0.25, 0.3) is 0 Å². The number of hydrogen-bond donors (Lipinski definition) is 4. The Hall–Kier alpha value is -0.850. The first-order valence-electron chi connectivity index (χ1n) is 5.76. The van der Waals surface area contributed by atoms with E-state index in [2.05, 4.69) is 22.9 Å². The zero-order valence-electron chi connectivity index (χ0n) is 9.79. The number of rotatable bonds is 6. The van der Waals surface area contributed by atoms with E-state index in [0.717, 1.165) is 32.7 Å². The third-order valence-corrected chi connectivity index (χ3v) is 2.55. The topological polar surface area (TPSA) is 88.4 Å². The molecule has 1 aliphatic rings. The van der Waals surface area contributed by atoms with Gasteiger partial charge in [-0.3, -0.25) is 0 Å². The lowest BCUT2D eigenvalue weighted by molar-refractivity contribution is 0.0713. The quantitative estimate of drug-likeness (QED) is 0.441. The molecule has 0 aromatic rings.